The lowest BCUT2D eigenvalue weighted by atomic mass is 10.1. The molecule has 2 rings (SSSR count). The summed E-state index contributed by atoms with van der Waals surface area (Å²) in [6, 6.07) is 4.49. The van der Waals surface area contributed by atoms with E-state index >= 15 is 0 Å². The molecule has 6 heteroatoms. The number of hydrogen-bond donors (Lipinski definition) is 0. The molecule has 0 aliphatic carbocycles. The Balaban J connectivity index is 2.64. The molecular weight excluding hydrogens is 307 g/mol. The highest BCUT2D eigenvalue weighted by Gasteiger charge is 2.12. The molecule has 1 heterocycles. The fourth-order valence-corrected chi connectivity index (χ4v) is 2.58. The average Bonchev–Trinajstić information content (AvgIpc) is 2.21. The van der Waals surface area contributed by atoms with E-state index in [9.17, 15) is 4.39 Å². The number of nitrogens with zero attached hydrogens (tertiary/aromatic N) is 1. The van der Waals surface area contributed by atoms with Crippen LogP contribution in [0, 0.1) is 5.95 Å². The van der Waals surface area contributed by atoms with Crippen molar-refractivity contribution in [2.75, 3.05) is 0 Å². The van der Waals surface area contributed by atoms with E-state index in [4.69, 9.17) is 46.4 Å². The molecular formula is C11H4Cl4FN. The van der Waals surface area contributed by atoms with Crippen LogP contribution in [0.25, 0.3) is 11.1 Å². The number of rotatable bonds is 1. The van der Waals surface area contributed by atoms with Gasteiger partial charge in [-0.2, -0.15) is 4.39 Å². The summed E-state index contributed by atoms with van der Waals surface area (Å²) in [4.78, 5) is 3.51. The third kappa shape index (κ3) is 2.66. The normalized spacial score (nSPS) is 10.6. The monoisotopic (exact) mass is 309 g/mol. The zero-order valence-corrected chi connectivity index (χ0v) is 11.2. The number of benzene rings is 1. The molecule has 0 aliphatic heterocycles. The first-order chi connectivity index (χ1) is 7.99. The van der Waals surface area contributed by atoms with Crippen LogP contribution in [-0.2, 0) is 0 Å². The number of pyridine rings is 1. The summed E-state index contributed by atoms with van der Waals surface area (Å²) in [7, 11) is 0. The Morgan fingerprint density at radius 1 is 0.882 bits per heavy atom. The van der Waals surface area contributed by atoms with E-state index in [2.05, 4.69) is 4.98 Å². The van der Waals surface area contributed by atoms with Gasteiger partial charge in [0.05, 0.1) is 15.1 Å². The zero-order valence-electron chi connectivity index (χ0n) is 8.15. The minimum absolute atomic E-state index is 0.0930. The van der Waals surface area contributed by atoms with E-state index in [0.717, 1.165) is 0 Å². The van der Waals surface area contributed by atoms with Crippen molar-refractivity contribution in [2.24, 2.45) is 0 Å². The molecule has 88 valence electrons. The maximum absolute atomic E-state index is 12.9. The molecule has 1 aromatic heterocycles. The summed E-state index contributed by atoms with van der Waals surface area (Å²) < 4.78 is 12.9. The Hall–Kier alpha value is -0.540. The van der Waals surface area contributed by atoms with Crippen molar-refractivity contribution < 1.29 is 4.39 Å². The molecule has 0 N–H and O–H groups in total. The first-order valence-electron chi connectivity index (χ1n) is 4.45. The Bertz CT molecular complexity index is 563. The summed E-state index contributed by atoms with van der Waals surface area (Å²) in [5.41, 5.74) is 1.05. The van der Waals surface area contributed by atoms with E-state index in [1.165, 1.54) is 12.3 Å². The number of aromatic nitrogens is 1. The largest absolute Gasteiger partial charge is 0.231 e. The second-order valence-corrected chi connectivity index (χ2v) is 4.90. The van der Waals surface area contributed by atoms with Crippen LogP contribution in [-0.4, -0.2) is 4.98 Å². The standard InChI is InChI=1S/C11H4Cl4FN/c12-6-2-7(13)10(8(14)3-6)5-1-9(15)11(16)17-4-5/h1-4H. The lowest BCUT2D eigenvalue weighted by molar-refractivity contribution is 0.584. The molecule has 0 spiro atoms. The summed E-state index contributed by atoms with van der Waals surface area (Å²) >= 11 is 23.5. The van der Waals surface area contributed by atoms with Gasteiger partial charge < -0.3 is 0 Å². The third-order valence-electron chi connectivity index (χ3n) is 2.09. The van der Waals surface area contributed by atoms with Crippen molar-refractivity contribution in [1.29, 1.82) is 0 Å². The molecule has 0 aliphatic rings. The molecule has 0 saturated carbocycles. The topological polar surface area (TPSA) is 12.9 Å². The van der Waals surface area contributed by atoms with Crippen LogP contribution in [0.3, 0.4) is 0 Å². The molecule has 0 saturated heterocycles. The lowest BCUT2D eigenvalue weighted by Gasteiger charge is -2.08. The lowest BCUT2D eigenvalue weighted by Crippen LogP contribution is -1.88. The average molecular weight is 311 g/mol. The summed E-state index contributed by atoms with van der Waals surface area (Å²) in [5.74, 6) is -0.739. The second kappa shape index (κ2) is 4.99. The minimum Gasteiger partial charge on any atom is -0.226 e. The van der Waals surface area contributed by atoms with Gasteiger partial charge in [-0.15, -0.1) is 0 Å². The van der Waals surface area contributed by atoms with E-state index in [-0.39, 0.29) is 5.02 Å². The summed E-state index contributed by atoms with van der Waals surface area (Å²) in [5, 5.41) is 1.04. The molecule has 0 radical (unpaired) electrons. The van der Waals surface area contributed by atoms with Crippen LogP contribution in [0.4, 0.5) is 4.39 Å². The maximum Gasteiger partial charge on any atom is 0.231 e. The van der Waals surface area contributed by atoms with Crippen LogP contribution in [0.1, 0.15) is 0 Å². The molecule has 1 nitrogen and oxygen atoms in total. The van der Waals surface area contributed by atoms with E-state index in [1.54, 1.807) is 12.1 Å². The van der Waals surface area contributed by atoms with Crippen molar-refractivity contribution >= 4 is 46.4 Å². The van der Waals surface area contributed by atoms with Crippen LogP contribution in [0.5, 0.6) is 0 Å². The molecule has 0 amide bonds. The fraction of sp³-hybridized carbons (Fsp3) is 0. The van der Waals surface area contributed by atoms with Crippen molar-refractivity contribution in [3.8, 4) is 11.1 Å². The van der Waals surface area contributed by atoms with E-state index in [0.29, 0.717) is 26.2 Å². The van der Waals surface area contributed by atoms with Gasteiger partial charge in [-0.25, -0.2) is 4.98 Å². The Labute approximate surface area is 117 Å². The van der Waals surface area contributed by atoms with E-state index < -0.39 is 5.95 Å². The van der Waals surface area contributed by atoms with Gasteiger partial charge in [-0.1, -0.05) is 46.4 Å². The Morgan fingerprint density at radius 3 is 2.00 bits per heavy atom. The molecule has 0 atom stereocenters. The van der Waals surface area contributed by atoms with Crippen molar-refractivity contribution in [3.63, 3.8) is 0 Å². The molecule has 0 unspecified atom stereocenters. The van der Waals surface area contributed by atoms with Crippen LogP contribution < -0.4 is 0 Å². The highest BCUT2D eigenvalue weighted by molar-refractivity contribution is 6.42. The van der Waals surface area contributed by atoms with Crippen molar-refractivity contribution in [1.82, 2.24) is 4.98 Å². The first kappa shape index (κ1) is 12.9. The smallest absolute Gasteiger partial charge is 0.226 e. The van der Waals surface area contributed by atoms with Crippen molar-refractivity contribution in [3.05, 3.63) is 50.4 Å². The fourth-order valence-electron chi connectivity index (χ4n) is 1.38. The highest BCUT2D eigenvalue weighted by atomic mass is 35.5. The predicted octanol–water partition coefficient (Wildman–Crippen LogP) is 5.50. The summed E-state index contributed by atoms with van der Waals surface area (Å²) in [6.07, 6.45) is 1.31. The molecule has 0 fully saturated rings. The van der Waals surface area contributed by atoms with Gasteiger partial charge in [0.2, 0.25) is 5.95 Å². The maximum atomic E-state index is 12.9. The van der Waals surface area contributed by atoms with Gasteiger partial charge in [0.15, 0.2) is 0 Å². The Morgan fingerprint density at radius 2 is 1.47 bits per heavy atom. The van der Waals surface area contributed by atoms with Gasteiger partial charge in [0.1, 0.15) is 0 Å². The van der Waals surface area contributed by atoms with Crippen LogP contribution in [0.2, 0.25) is 20.1 Å². The molecule has 17 heavy (non-hydrogen) atoms. The molecule has 0 bridgehead atoms. The van der Waals surface area contributed by atoms with E-state index in [1.807, 2.05) is 0 Å². The zero-order chi connectivity index (χ0) is 12.6. The molecule has 1 aromatic carbocycles. The second-order valence-electron chi connectivity index (χ2n) is 3.24. The summed E-state index contributed by atoms with van der Waals surface area (Å²) in [6.45, 7) is 0. The SMILES string of the molecule is Fc1ncc(-c2c(Cl)cc(Cl)cc2Cl)cc1Cl. The number of halogens is 5. The Kier molecular flexibility index (Phi) is 3.79. The first-order valence-corrected chi connectivity index (χ1v) is 5.96. The minimum atomic E-state index is -0.739. The van der Waals surface area contributed by atoms with Gasteiger partial charge in [-0.3, -0.25) is 0 Å². The van der Waals surface area contributed by atoms with Gasteiger partial charge in [-0.05, 0) is 18.2 Å². The quantitative estimate of drug-likeness (QED) is 0.634. The van der Waals surface area contributed by atoms with Crippen molar-refractivity contribution in [2.45, 2.75) is 0 Å². The van der Waals surface area contributed by atoms with Crippen LogP contribution >= 0.6 is 46.4 Å². The molecule has 2 aromatic rings. The third-order valence-corrected chi connectivity index (χ3v) is 3.17. The van der Waals surface area contributed by atoms with Gasteiger partial charge in [0, 0.05) is 22.3 Å². The predicted molar refractivity (Wildman–Crippen MR) is 69.7 cm³/mol. The highest BCUT2D eigenvalue weighted by Crippen LogP contribution is 2.37. The number of hydrogen-bond acceptors (Lipinski definition) is 1. The van der Waals surface area contributed by atoms with Gasteiger partial charge in [0.25, 0.3) is 0 Å². The van der Waals surface area contributed by atoms with Gasteiger partial charge >= 0.3 is 0 Å². The van der Waals surface area contributed by atoms with Crippen LogP contribution in [0.15, 0.2) is 24.4 Å².